The minimum Gasteiger partial charge on any atom is -0.490 e. The molecular weight excluding hydrogens is 375 g/mol. The van der Waals surface area contributed by atoms with E-state index < -0.39 is 6.17 Å². The van der Waals surface area contributed by atoms with Crippen LogP contribution in [0.2, 0.25) is 0 Å². The molecule has 0 N–H and O–H groups in total. The van der Waals surface area contributed by atoms with Gasteiger partial charge < -0.3 is 4.74 Å². The number of rotatable bonds is 8. The van der Waals surface area contributed by atoms with Gasteiger partial charge in [-0.3, -0.25) is 0 Å². The first kappa shape index (κ1) is 21.3. The molecule has 0 radical (unpaired) electrons. The largest absolute Gasteiger partial charge is 0.490 e. The van der Waals surface area contributed by atoms with Crippen molar-refractivity contribution in [1.29, 1.82) is 0 Å². The fourth-order valence-corrected chi connectivity index (χ4v) is 2.99. The lowest BCUT2D eigenvalue weighted by molar-refractivity contribution is 0.336. The molecule has 0 aliphatic carbocycles. The summed E-state index contributed by atoms with van der Waals surface area (Å²) in [5.41, 5.74) is 3.87. The highest BCUT2D eigenvalue weighted by Gasteiger charge is 2.09. The first-order valence-corrected chi connectivity index (χ1v) is 10.1. The molecule has 0 saturated heterocycles. The Hall–Kier alpha value is -3.45. The highest BCUT2D eigenvalue weighted by atomic mass is 19.1. The summed E-state index contributed by atoms with van der Waals surface area (Å²) in [7, 11) is 0. The quantitative estimate of drug-likeness (QED) is 0.254. The molecule has 3 nitrogen and oxygen atoms in total. The van der Waals surface area contributed by atoms with Crippen LogP contribution in [0.25, 0.3) is 22.5 Å². The number of hydrogen-bond donors (Lipinski definition) is 0. The molecule has 1 heterocycles. The summed E-state index contributed by atoms with van der Waals surface area (Å²) in [6.45, 7) is 5.72. The van der Waals surface area contributed by atoms with Crippen molar-refractivity contribution in [3.05, 3.63) is 79.1 Å². The van der Waals surface area contributed by atoms with Crippen LogP contribution < -0.4 is 4.74 Å². The van der Waals surface area contributed by atoms with Crippen molar-refractivity contribution in [3.63, 3.8) is 0 Å². The molecule has 0 aliphatic rings. The molecule has 30 heavy (non-hydrogen) atoms. The third kappa shape index (κ3) is 6.02. The van der Waals surface area contributed by atoms with E-state index in [0.717, 1.165) is 34.4 Å². The van der Waals surface area contributed by atoms with Crippen LogP contribution in [0, 0.1) is 11.8 Å². The number of hydrogen-bond acceptors (Lipinski definition) is 3. The first-order valence-electron chi connectivity index (χ1n) is 10.1. The standard InChI is InChI=1S/C26H25FN2O/c1-3-18-30-24-14-12-22(13-15-24)25-19-23(26-28-16-7-17-29-26)11-10-21(25)9-6-4-5-8-20(2)27/h3,7,10-17,19-20H,1,4-5,8,18H2,2H3. The minimum absolute atomic E-state index is 0.467. The second kappa shape index (κ2) is 10.9. The maximum atomic E-state index is 13.0. The molecule has 0 bridgehead atoms. The van der Waals surface area contributed by atoms with Crippen molar-refractivity contribution in [2.75, 3.05) is 6.61 Å². The van der Waals surface area contributed by atoms with E-state index >= 15 is 0 Å². The number of benzene rings is 2. The van der Waals surface area contributed by atoms with Gasteiger partial charge in [-0.15, -0.1) is 0 Å². The van der Waals surface area contributed by atoms with Gasteiger partial charge in [-0.25, -0.2) is 14.4 Å². The fourth-order valence-electron chi connectivity index (χ4n) is 2.99. The molecule has 2 aromatic carbocycles. The fraction of sp³-hybridized carbons (Fsp3) is 0.231. The Morgan fingerprint density at radius 1 is 1.10 bits per heavy atom. The predicted octanol–water partition coefficient (Wildman–Crippen LogP) is 6.26. The number of alkyl halides is 1. The molecule has 4 heteroatoms. The van der Waals surface area contributed by atoms with Gasteiger partial charge in [0.05, 0.1) is 6.17 Å². The average molecular weight is 400 g/mol. The van der Waals surface area contributed by atoms with Crippen LogP contribution in [-0.4, -0.2) is 22.7 Å². The molecule has 0 spiro atoms. The number of ether oxygens (including phenoxy) is 1. The molecule has 1 unspecified atom stereocenters. The van der Waals surface area contributed by atoms with Gasteiger partial charge in [0, 0.05) is 29.9 Å². The van der Waals surface area contributed by atoms with E-state index in [-0.39, 0.29) is 0 Å². The second-order valence-electron chi connectivity index (χ2n) is 6.93. The van der Waals surface area contributed by atoms with Gasteiger partial charge in [0.2, 0.25) is 0 Å². The molecule has 0 fully saturated rings. The lowest BCUT2D eigenvalue weighted by Crippen LogP contribution is -1.93. The third-order valence-corrected chi connectivity index (χ3v) is 4.50. The minimum atomic E-state index is -0.783. The molecule has 1 aromatic heterocycles. The smallest absolute Gasteiger partial charge is 0.159 e. The maximum absolute atomic E-state index is 13.0. The van der Waals surface area contributed by atoms with Gasteiger partial charge >= 0.3 is 0 Å². The van der Waals surface area contributed by atoms with Gasteiger partial charge in [0.25, 0.3) is 0 Å². The summed E-state index contributed by atoms with van der Waals surface area (Å²) >= 11 is 0. The second-order valence-corrected chi connectivity index (χ2v) is 6.93. The van der Waals surface area contributed by atoms with E-state index in [1.165, 1.54) is 0 Å². The zero-order chi connectivity index (χ0) is 21.2. The highest BCUT2D eigenvalue weighted by Crippen LogP contribution is 2.29. The van der Waals surface area contributed by atoms with Crippen molar-refractivity contribution in [2.45, 2.75) is 32.4 Å². The van der Waals surface area contributed by atoms with Gasteiger partial charge in [-0.2, -0.15) is 0 Å². The van der Waals surface area contributed by atoms with Crippen molar-refractivity contribution >= 4 is 0 Å². The Kier molecular flexibility index (Phi) is 7.74. The van der Waals surface area contributed by atoms with Gasteiger partial charge in [0.1, 0.15) is 12.4 Å². The summed E-state index contributed by atoms with van der Waals surface area (Å²) in [5.74, 6) is 7.89. The van der Waals surface area contributed by atoms with Crippen LogP contribution in [0.15, 0.2) is 73.6 Å². The lowest BCUT2D eigenvalue weighted by Gasteiger charge is -2.10. The van der Waals surface area contributed by atoms with Crippen LogP contribution in [0.3, 0.4) is 0 Å². The first-order chi connectivity index (χ1) is 14.7. The van der Waals surface area contributed by atoms with Crippen molar-refractivity contribution in [2.24, 2.45) is 0 Å². The Labute approximate surface area is 177 Å². The van der Waals surface area contributed by atoms with E-state index in [2.05, 4.69) is 34.5 Å². The van der Waals surface area contributed by atoms with Crippen molar-refractivity contribution in [1.82, 2.24) is 9.97 Å². The zero-order valence-electron chi connectivity index (χ0n) is 17.1. The highest BCUT2D eigenvalue weighted by molar-refractivity contribution is 5.76. The van der Waals surface area contributed by atoms with Crippen molar-refractivity contribution < 1.29 is 9.13 Å². The van der Waals surface area contributed by atoms with Crippen molar-refractivity contribution in [3.8, 4) is 40.1 Å². The summed E-state index contributed by atoms with van der Waals surface area (Å²) in [4.78, 5) is 8.70. The van der Waals surface area contributed by atoms with Crippen LogP contribution in [-0.2, 0) is 0 Å². The number of unbranched alkanes of at least 4 members (excludes halogenated alkanes) is 1. The van der Waals surface area contributed by atoms with E-state index in [9.17, 15) is 4.39 Å². The SMILES string of the molecule is C=CCOc1ccc(-c2cc(-c3ncccn3)ccc2C#CCCCC(C)F)cc1. The van der Waals surface area contributed by atoms with E-state index in [4.69, 9.17) is 4.74 Å². The molecule has 3 rings (SSSR count). The molecule has 3 aromatic rings. The van der Waals surface area contributed by atoms with Gasteiger partial charge in [-0.1, -0.05) is 36.6 Å². The Balaban J connectivity index is 1.92. The number of halogens is 1. The summed E-state index contributed by atoms with van der Waals surface area (Å²) < 4.78 is 18.6. The third-order valence-electron chi connectivity index (χ3n) is 4.50. The monoisotopic (exact) mass is 400 g/mol. The predicted molar refractivity (Wildman–Crippen MR) is 120 cm³/mol. The van der Waals surface area contributed by atoms with E-state index in [1.807, 2.05) is 36.4 Å². The Morgan fingerprint density at radius 3 is 2.53 bits per heavy atom. The van der Waals surface area contributed by atoms with Gasteiger partial charge in [-0.05, 0) is 67.3 Å². The van der Waals surface area contributed by atoms with E-state index in [0.29, 0.717) is 25.3 Å². The molecule has 152 valence electrons. The number of nitrogens with zero attached hydrogens (tertiary/aromatic N) is 2. The Bertz CT molecular complexity index is 1020. The molecular formula is C26H25FN2O. The summed E-state index contributed by atoms with van der Waals surface area (Å²) in [6, 6.07) is 15.7. The molecule has 0 amide bonds. The summed E-state index contributed by atoms with van der Waals surface area (Å²) in [5, 5.41) is 0. The molecule has 0 saturated carbocycles. The van der Waals surface area contributed by atoms with E-state index in [1.54, 1.807) is 31.5 Å². The van der Waals surface area contributed by atoms with Crippen LogP contribution in [0.1, 0.15) is 31.7 Å². The van der Waals surface area contributed by atoms with Crippen LogP contribution >= 0.6 is 0 Å². The number of aromatic nitrogens is 2. The van der Waals surface area contributed by atoms with Crippen LogP contribution in [0.5, 0.6) is 5.75 Å². The maximum Gasteiger partial charge on any atom is 0.159 e. The lowest BCUT2D eigenvalue weighted by atomic mass is 9.97. The topological polar surface area (TPSA) is 35.0 Å². The molecule has 0 aliphatic heterocycles. The normalized spacial score (nSPS) is 11.3. The summed E-state index contributed by atoms with van der Waals surface area (Å²) in [6.07, 6.45) is 6.36. The Morgan fingerprint density at radius 2 is 1.83 bits per heavy atom. The molecule has 1 atom stereocenters. The van der Waals surface area contributed by atoms with Crippen LogP contribution in [0.4, 0.5) is 4.39 Å². The average Bonchev–Trinajstić information content (AvgIpc) is 2.78. The van der Waals surface area contributed by atoms with Gasteiger partial charge in [0.15, 0.2) is 5.82 Å². The zero-order valence-corrected chi connectivity index (χ0v) is 17.1.